The fourth-order valence-corrected chi connectivity index (χ4v) is 4.41. The molecular formula is C22H24N4OS. The summed E-state index contributed by atoms with van der Waals surface area (Å²) in [5.41, 5.74) is 4.72. The highest BCUT2D eigenvalue weighted by atomic mass is 32.1. The molecule has 0 aliphatic heterocycles. The Hall–Kier alpha value is -2.86. The zero-order chi connectivity index (χ0) is 19.5. The SMILES string of the molecule is CCc1csc(-c2cc(NCCn3c(C)cc4c(OC)cccc43)ncn2)c1. The average Bonchev–Trinajstić information content (AvgIpc) is 3.33. The molecule has 4 rings (SSSR count). The lowest BCUT2D eigenvalue weighted by Crippen LogP contribution is -2.12. The summed E-state index contributed by atoms with van der Waals surface area (Å²) < 4.78 is 7.79. The van der Waals surface area contributed by atoms with E-state index in [1.54, 1.807) is 24.8 Å². The van der Waals surface area contributed by atoms with Gasteiger partial charge in [-0.25, -0.2) is 9.97 Å². The van der Waals surface area contributed by atoms with Crippen molar-refractivity contribution in [2.45, 2.75) is 26.8 Å². The van der Waals surface area contributed by atoms with E-state index in [9.17, 15) is 0 Å². The van der Waals surface area contributed by atoms with Gasteiger partial charge in [0.15, 0.2) is 0 Å². The van der Waals surface area contributed by atoms with Crippen LogP contribution in [0.4, 0.5) is 5.82 Å². The Morgan fingerprint density at radius 1 is 1.18 bits per heavy atom. The molecule has 4 aromatic rings. The largest absolute Gasteiger partial charge is 0.496 e. The number of hydrogen-bond acceptors (Lipinski definition) is 5. The molecule has 0 saturated heterocycles. The van der Waals surface area contributed by atoms with Crippen molar-refractivity contribution in [3.8, 4) is 16.3 Å². The van der Waals surface area contributed by atoms with E-state index < -0.39 is 0 Å². The summed E-state index contributed by atoms with van der Waals surface area (Å²) in [5, 5.41) is 6.78. The third-order valence-corrected chi connectivity index (χ3v) is 5.96. The van der Waals surface area contributed by atoms with E-state index >= 15 is 0 Å². The lowest BCUT2D eigenvalue weighted by Gasteiger charge is -2.11. The highest BCUT2D eigenvalue weighted by Gasteiger charge is 2.10. The van der Waals surface area contributed by atoms with E-state index in [2.05, 4.69) is 57.3 Å². The molecule has 0 bridgehead atoms. The molecule has 28 heavy (non-hydrogen) atoms. The van der Waals surface area contributed by atoms with Gasteiger partial charge in [-0.1, -0.05) is 13.0 Å². The van der Waals surface area contributed by atoms with Crippen LogP contribution in [0.3, 0.4) is 0 Å². The molecule has 0 spiro atoms. The number of aromatic nitrogens is 3. The van der Waals surface area contributed by atoms with Crippen molar-refractivity contribution in [2.75, 3.05) is 19.0 Å². The summed E-state index contributed by atoms with van der Waals surface area (Å²) in [6, 6.07) is 12.6. The number of nitrogens with zero attached hydrogens (tertiary/aromatic N) is 3. The molecule has 0 aliphatic rings. The fraction of sp³-hybridized carbons (Fsp3) is 0.273. The molecule has 0 fully saturated rings. The third kappa shape index (κ3) is 3.60. The van der Waals surface area contributed by atoms with Crippen LogP contribution in [0, 0.1) is 6.92 Å². The number of ether oxygens (including phenoxy) is 1. The van der Waals surface area contributed by atoms with Crippen molar-refractivity contribution in [3.63, 3.8) is 0 Å². The van der Waals surface area contributed by atoms with Crippen LogP contribution in [0.5, 0.6) is 5.75 Å². The first-order valence-corrected chi connectivity index (χ1v) is 10.3. The third-order valence-electron chi connectivity index (χ3n) is 4.96. The van der Waals surface area contributed by atoms with Gasteiger partial charge < -0.3 is 14.6 Å². The number of benzene rings is 1. The highest BCUT2D eigenvalue weighted by Crippen LogP contribution is 2.29. The first-order chi connectivity index (χ1) is 13.7. The predicted octanol–water partition coefficient (Wildman–Crippen LogP) is 5.15. The first kappa shape index (κ1) is 18.5. The molecule has 1 aromatic carbocycles. The molecule has 0 unspecified atom stereocenters. The minimum atomic E-state index is 0.781. The van der Waals surface area contributed by atoms with Crippen LogP contribution in [-0.4, -0.2) is 28.2 Å². The van der Waals surface area contributed by atoms with E-state index in [0.717, 1.165) is 42.2 Å². The molecule has 144 valence electrons. The summed E-state index contributed by atoms with van der Waals surface area (Å²) in [4.78, 5) is 9.99. The van der Waals surface area contributed by atoms with Gasteiger partial charge in [-0.05, 0) is 48.6 Å². The second-order valence-electron chi connectivity index (χ2n) is 6.72. The van der Waals surface area contributed by atoms with Crippen LogP contribution in [0.1, 0.15) is 18.2 Å². The molecule has 0 saturated carbocycles. The Morgan fingerprint density at radius 3 is 2.86 bits per heavy atom. The molecule has 1 N–H and O–H groups in total. The Balaban J connectivity index is 1.48. The Morgan fingerprint density at radius 2 is 2.07 bits per heavy atom. The average molecular weight is 393 g/mol. The fourth-order valence-electron chi connectivity index (χ4n) is 3.44. The molecule has 0 atom stereocenters. The normalized spacial score (nSPS) is 11.1. The maximum absolute atomic E-state index is 5.49. The smallest absolute Gasteiger partial charge is 0.130 e. The summed E-state index contributed by atoms with van der Waals surface area (Å²) in [6.45, 7) is 5.93. The van der Waals surface area contributed by atoms with Gasteiger partial charge in [-0.3, -0.25) is 0 Å². The van der Waals surface area contributed by atoms with E-state index in [-0.39, 0.29) is 0 Å². The molecular weight excluding hydrogens is 368 g/mol. The quantitative estimate of drug-likeness (QED) is 0.472. The molecule has 5 nitrogen and oxygen atoms in total. The monoisotopic (exact) mass is 392 g/mol. The van der Waals surface area contributed by atoms with Gasteiger partial charge in [0.25, 0.3) is 0 Å². The van der Waals surface area contributed by atoms with Crippen molar-refractivity contribution >= 4 is 28.1 Å². The van der Waals surface area contributed by atoms with Crippen molar-refractivity contribution in [1.82, 2.24) is 14.5 Å². The van der Waals surface area contributed by atoms with Crippen LogP contribution in [0.15, 0.2) is 48.1 Å². The van der Waals surface area contributed by atoms with Gasteiger partial charge in [-0.15, -0.1) is 11.3 Å². The first-order valence-electron chi connectivity index (χ1n) is 9.46. The zero-order valence-electron chi connectivity index (χ0n) is 16.4. The molecule has 3 aromatic heterocycles. The van der Waals surface area contributed by atoms with Crippen molar-refractivity contribution in [3.05, 3.63) is 59.4 Å². The minimum Gasteiger partial charge on any atom is -0.496 e. The lowest BCUT2D eigenvalue weighted by atomic mass is 10.2. The van der Waals surface area contributed by atoms with Gasteiger partial charge in [0.05, 0.1) is 23.2 Å². The molecule has 0 radical (unpaired) electrons. The maximum Gasteiger partial charge on any atom is 0.130 e. The summed E-state index contributed by atoms with van der Waals surface area (Å²) >= 11 is 1.73. The topological polar surface area (TPSA) is 52.0 Å². The number of thiophene rings is 1. The zero-order valence-corrected chi connectivity index (χ0v) is 17.2. The van der Waals surface area contributed by atoms with Crippen LogP contribution in [-0.2, 0) is 13.0 Å². The van der Waals surface area contributed by atoms with Crippen LogP contribution in [0.2, 0.25) is 0 Å². The van der Waals surface area contributed by atoms with E-state index in [1.165, 1.54) is 21.7 Å². The summed E-state index contributed by atoms with van der Waals surface area (Å²) in [7, 11) is 1.72. The molecule has 0 amide bonds. The lowest BCUT2D eigenvalue weighted by molar-refractivity contribution is 0.420. The van der Waals surface area contributed by atoms with Crippen LogP contribution < -0.4 is 10.1 Å². The van der Waals surface area contributed by atoms with Crippen molar-refractivity contribution in [2.24, 2.45) is 0 Å². The number of anilines is 1. The number of aryl methyl sites for hydroxylation is 2. The van der Waals surface area contributed by atoms with E-state index in [1.807, 2.05) is 18.2 Å². The predicted molar refractivity (Wildman–Crippen MR) is 116 cm³/mol. The number of rotatable bonds is 7. The van der Waals surface area contributed by atoms with E-state index in [4.69, 9.17) is 4.74 Å². The molecule has 0 aliphatic carbocycles. The minimum absolute atomic E-state index is 0.781. The number of hydrogen-bond donors (Lipinski definition) is 1. The van der Waals surface area contributed by atoms with Crippen LogP contribution in [0.25, 0.3) is 21.5 Å². The van der Waals surface area contributed by atoms with Crippen LogP contribution >= 0.6 is 11.3 Å². The Kier molecular flexibility index (Phi) is 5.30. The van der Waals surface area contributed by atoms with E-state index in [0.29, 0.717) is 0 Å². The molecule has 6 heteroatoms. The van der Waals surface area contributed by atoms with Crippen molar-refractivity contribution < 1.29 is 4.74 Å². The van der Waals surface area contributed by atoms with Gasteiger partial charge in [0.2, 0.25) is 0 Å². The van der Waals surface area contributed by atoms with Gasteiger partial charge in [0.1, 0.15) is 17.9 Å². The number of methoxy groups -OCH3 is 1. The van der Waals surface area contributed by atoms with Gasteiger partial charge in [0, 0.05) is 30.2 Å². The number of fused-ring (bicyclic) bond motifs is 1. The Bertz CT molecular complexity index is 1100. The highest BCUT2D eigenvalue weighted by molar-refractivity contribution is 7.13. The maximum atomic E-state index is 5.49. The summed E-state index contributed by atoms with van der Waals surface area (Å²) in [5.74, 6) is 1.76. The summed E-state index contributed by atoms with van der Waals surface area (Å²) in [6.07, 6.45) is 2.67. The van der Waals surface area contributed by atoms with Gasteiger partial charge >= 0.3 is 0 Å². The van der Waals surface area contributed by atoms with Crippen molar-refractivity contribution in [1.29, 1.82) is 0 Å². The second-order valence-corrected chi connectivity index (χ2v) is 7.63. The molecule has 3 heterocycles. The Labute approximate surface area is 169 Å². The second kappa shape index (κ2) is 8.02. The standard InChI is InChI=1S/C22H24N4OS/c1-4-16-11-21(28-13-16)18-12-22(25-14-24-18)23-8-9-26-15(2)10-17-19(26)6-5-7-20(17)27-3/h5-7,10-14H,4,8-9H2,1-3H3,(H,23,24,25). The van der Waals surface area contributed by atoms with Gasteiger partial charge in [-0.2, -0.15) is 0 Å². The number of nitrogens with one attached hydrogen (secondary N) is 1.